The number of alkyl carbamates (subject to hydrolysis) is 1. The summed E-state index contributed by atoms with van der Waals surface area (Å²) in [7, 11) is 2.04. The molecule has 0 radical (unpaired) electrons. The molecule has 9 heteroatoms. The van der Waals surface area contributed by atoms with Crippen molar-refractivity contribution < 1.29 is 14.3 Å². The molecular weight excluding hydrogens is 420 g/mol. The Kier molecular flexibility index (Phi) is 9.78. The van der Waals surface area contributed by atoms with Crippen molar-refractivity contribution in [1.82, 2.24) is 25.8 Å². The second-order valence-corrected chi connectivity index (χ2v) is 9.96. The molecule has 2 unspecified atom stereocenters. The van der Waals surface area contributed by atoms with Crippen LogP contribution >= 0.6 is 0 Å². The van der Waals surface area contributed by atoms with Crippen LogP contribution in [-0.4, -0.2) is 79.5 Å². The molecule has 2 heterocycles. The molecule has 33 heavy (non-hydrogen) atoms. The maximum absolute atomic E-state index is 13.6. The molecule has 186 valence electrons. The first-order chi connectivity index (χ1) is 15.9. The SMILES string of the molecule is CCOC(=O)NC(NC(CC1CCCCC1)C(=O)NC1(C#N)CCN(C)CC1)N1CCCC1. The van der Waals surface area contributed by atoms with Crippen LogP contribution in [0.4, 0.5) is 4.79 Å². The van der Waals surface area contributed by atoms with E-state index in [1.54, 1.807) is 6.92 Å². The molecule has 3 fully saturated rings. The van der Waals surface area contributed by atoms with Crippen LogP contribution in [0.3, 0.4) is 0 Å². The second kappa shape index (κ2) is 12.5. The fourth-order valence-electron chi connectivity index (χ4n) is 5.31. The summed E-state index contributed by atoms with van der Waals surface area (Å²) in [5.74, 6) is 0.334. The monoisotopic (exact) mass is 462 g/mol. The minimum atomic E-state index is -0.826. The first kappa shape index (κ1) is 25.7. The average molecular weight is 463 g/mol. The minimum Gasteiger partial charge on any atom is -0.450 e. The van der Waals surface area contributed by atoms with Gasteiger partial charge in [0.1, 0.15) is 11.8 Å². The molecule has 0 spiro atoms. The molecule has 2 atom stereocenters. The van der Waals surface area contributed by atoms with E-state index in [1.165, 1.54) is 19.3 Å². The molecule has 9 nitrogen and oxygen atoms in total. The van der Waals surface area contributed by atoms with Crippen LogP contribution in [0.5, 0.6) is 0 Å². The Morgan fingerprint density at radius 3 is 2.36 bits per heavy atom. The third kappa shape index (κ3) is 7.56. The maximum Gasteiger partial charge on any atom is 0.409 e. The van der Waals surface area contributed by atoms with Gasteiger partial charge >= 0.3 is 6.09 Å². The number of amides is 2. The number of carbonyl (C=O) groups excluding carboxylic acids is 2. The highest BCUT2D eigenvalue weighted by molar-refractivity contribution is 5.83. The minimum absolute atomic E-state index is 0.137. The number of carbonyl (C=O) groups is 2. The lowest BCUT2D eigenvalue weighted by Gasteiger charge is -2.38. The lowest BCUT2D eigenvalue weighted by Crippen LogP contribution is -2.64. The smallest absolute Gasteiger partial charge is 0.409 e. The Bertz CT molecular complexity index is 676. The van der Waals surface area contributed by atoms with Crippen LogP contribution in [-0.2, 0) is 9.53 Å². The van der Waals surface area contributed by atoms with Crippen LogP contribution in [0, 0.1) is 17.2 Å². The molecule has 0 aromatic heterocycles. The van der Waals surface area contributed by atoms with Crippen LogP contribution in [0.2, 0.25) is 0 Å². The van der Waals surface area contributed by atoms with E-state index in [-0.39, 0.29) is 5.91 Å². The number of nitrogens with one attached hydrogen (secondary N) is 3. The first-order valence-electron chi connectivity index (χ1n) is 12.8. The lowest BCUT2D eigenvalue weighted by molar-refractivity contribution is -0.126. The molecule has 1 saturated carbocycles. The highest BCUT2D eigenvalue weighted by Gasteiger charge is 2.38. The Morgan fingerprint density at radius 1 is 1.09 bits per heavy atom. The van der Waals surface area contributed by atoms with Crippen molar-refractivity contribution in [3.8, 4) is 6.07 Å². The van der Waals surface area contributed by atoms with Gasteiger partial charge < -0.3 is 15.0 Å². The standard InChI is InChI=1S/C24H42N6O3/c1-3-33-23(32)27-22(30-13-7-8-14-30)26-20(17-19-9-5-4-6-10-19)21(31)28-24(18-25)11-15-29(2)16-12-24/h19-20,22,26H,3-17H2,1-2H3,(H,27,32)(H,28,31). The Labute approximate surface area is 198 Å². The van der Waals surface area contributed by atoms with Crippen molar-refractivity contribution in [2.45, 2.75) is 89.0 Å². The zero-order valence-electron chi connectivity index (χ0n) is 20.4. The van der Waals surface area contributed by atoms with Crippen LogP contribution in [0.25, 0.3) is 0 Å². The van der Waals surface area contributed by atoms with Crippen LogP contribution in [0.1, 0.15) is 71.1 Å². The molecule has 0 aromatic rings. The number of nitriles is 1. The van der Waals surface area contributed by atoms with Gasteiger partial charge in [0.2, 0.25) is 5.91 Å². The number of hydrogen-bond acceptors (Lipinski definition) is 7. The van der Waals surface area contributed by atoms with Crippen LogP contribution < -0.4 is 16.0 Å². The molecule has 3 rings (SSSR count). The van der Waals surface area contributed by atoms with Crippen LogP contribution in [0.15, 0.2) is 0 Å². The van der Waals surface area contributed by atoms with Gasteiger partial charge in [-0.15, -0.1) is 0 Å². The van der Waals surface area contributed by atoms with E-state index in [9.17, 15) is 14.9 Å². The van der Waals surface area contributed by atoms with E-state index < -0.39 is 24.0 Å². The Balaban J connectivity index is 1.74. The highest BCUT2D eigenvalue weighted by atomic mass is 16.5. The third-order valence-electron chi connectivity index (χ3n) is 7.42. The second-order valence-electron chi connectivity index (χ2n) is 9.96. The van der Waals surface area contributed by atoms with E-state index in [4.69, 9.17) is 4.74 Å². The van der Waals surface area contributed by atoms with E-state index in [0.717, 1.165) is 51.9 Å². The molecule has 1 aliphatic carbocycles. The largest absolute Gasteiger partial charge is 0.450 e. The summed E-state index contributed by atoms with van der Waals surface area (Å²) in [4.78, 5) is 30.2. The average Bonchev–Trinajstić information content (AvgIpc) is 3.35. The van der Waals surface area contributed by atoms with Gasteiger partial charge in [0.05, 0.1) is 18.7 Å². The number of ether oxygens (including phenoxy) is 1. The van der Waals surface area contributed by atoms with Gasteiger partial charge in [-0.2, -0.15) is 5.26 Å². The molecule has 3 aliphatic rings. The van der Waals surface area contributed by atoms with Gasteiger partial charge in [-0.25, -0.2) is 4.79 Å². The van der Waals surface area contributed by atoms with Gasteiger partial charge in [0, 0.05) is 26.2 Å². The zero-order valence-corrected chi connectivity index (χ0v) is 20.4. The molecule has 2 saturated heterocycles. The van der Waals surface area contributed by atoms with Crippen molar-refractivity contribution >= 4 is 12.0 Å². The van der Waals surface area contributed by atoms with E-state index in [0.29, 0.717) is 31.8 Å². The van der Waals surface area contributed by atoms with Crippen molar-refractivity contribution in [3.63, 3.8) is 0 Å². The van der Waals surface area contributed by atoms with Gasteiger partial charge in [0.25, 0.3) is 0 Å². The molecule has 2 amide bonds. The zero-order chi connectivity index (χ0) is 23.7. The number of rotatable bonds is 9. The van der Waals surface area contributed by atoms with Crippen molar-refractivity contribution in [1.29, 1.82) is 5.26 Å². The molecule has 0 bridgehead atoms. The predicted molar refractivity (Wildman–Crippen MR) is 126 cm³/mol. The number of piperidine rings is 1. The third-order valence-corrected chi connectivity index (χ3v) is 7.42. The lowest BCUT2D eigenvalue weighted by atomic mass is 9.84. The highest BCUT2D eigenvalue weighted by Crippen LogP contribution is 2.28. The predicted octanol–water partition coefficient (Wildman–Crippen LogP) is 2.14. The van der Waals surface area contributed by atoms with Gasteiger partial charge in [-0.3, -0.25) is 20.3 Å². The molecule has 3 N–H and O–H groups in total. The van der Waals surface area contributed by atoms with Gasteiger partial charge in [-0.05, 0) is 52.0 Å². The maximum atomic E-state index is 13.6. The quantitative estimate of drug-likeness (QED) is 0.450. The first-order valence-corrected chi connectivity index (χ1v) is 12.8. The molecule has 2 aliphatic heterocycles. The summed E-state index contributed by atoms with van der Waals surface area (Å²) in [5, 5.41) is 19.4. The summed E-state index contributed by atoms with van der Waals surface area (Å²) in [6.07, 6.45) is 9.03. The van der Waals surface area contributed by atoms with E-state index in [1.807, 2.05) is 7.05 Å². The topological polar surface area (TPSA) is 110 Å². The summed E-state index contributed by atoms with van der Waals surface area (Å²) in [6.45, 7) is 5.36. The normalized spacial score (nSPS) is 23.9. The Hall–Kier alpha value is -1.89. The Morgan fingerprint density at radius 2 is 1.76 bits per heavy atom. The summed E-state index contributed by atoms with van der Waals surface area (Å²) < 4.78 is 5.12. The number of nitrogens with zero attached hydrogens (tertiary/aromatic N) is 3. The molecular formula is C24H42N6O3. The van der Waals surface area contributed by atoms with Crippen molar-refractivity contribution in [2.24, 2.45) is 5.92 Å². The van der Waals surface area contributed by atoms with Crippen molar-refractivity contribution in [2.75, 3.05) is 39.8 Å². The fourth-order valence-corrected chi connectivity index (χ4v) is 5.31. The fraction of sp³-hybridized carbons (Fsp3) is 0.875. The number of likely N-dealkylation sites (tertiary alicyclic amines) is 2. The van der Waals surface area contributed by atoms with Crippen molar-refractivity contribution in [3.05, 3.63) is 0 Å². The van der Waals surface area contributed by atoms with Gasteiger partial charge in [0.15, 0.2) is 0 Å². The summed E-state index contributed by atoms with van der Waals surface area (Å²) >= 11 is 0. The molecule has 0 aromatic carbocycles. The summed E-state index contributed by atoms with van der Waals surface area (Å²) in [6, 6.07) is 1.92. The van der Waals surface area contributed by atoms with E-state index in [2.05, 4.69) is 31.8 Å². The van der Waals surface area contributed by atoms with E-state index >= 15 is 0 Å². The van der Waals surface area contributed by atoms with Gasteiger partial charge in [-0.1, -0.05) is 32.1 Å². The summed E-state index contributed by atoms with van der Waals surface area (Å²) in [5.41, 5.74) is -0.826. The number of hydrogen-bond donors (Lipinski definition) is 3.